The van der Waals surface area contributed by atoms with Gasteiger partial charge in [0.05, 0.1) is 0 Å². The highest BCUT2D eigenvalue weighted by Gasteiger charge is 2.32. The predicted molar refractivity (Wildman–Crippen MR) is 188 cm³/mol. The molecule has 0 aliphatic carbocycles. The molecule has 0 aliphatic rings. The molecule has 9 rings (SSSR count). The summed E-state index contributed by atoms with van der Waals surface area (Å²) in [5, 5.41) is 93.5. The van der Waals surface area contributed by atoms with E-state index in [9.17, 15) is 40.9 Å². The Bertz CT molecular complexity index is 2830. The molecule has 238 valence electrons. The van der Waals surface area contributed by atoms with E-state index >= 15 is 0 Å². The van der Waals surface area contributed by atoms with Crippen molar-refractivity contribution < 1.29 is 45.3 Å². The third-order valence-electron chi connectivity index (χ3n) is 9.49. The largest absolute Gasteiger partial charge is 0.504 e. The molecule has 0 amide bonds. The molecule has 0 saturated heterocycles. The van der Waals surface area contributed by atoms with Gasteiger partial charge in [0.15, 0.2) is 23.0 Å². The third-order valence-corrected chi connectivity index (χ3v) is 9.49. The maximum absolute atomic E-state index is 11.5. The normalized spacial score (nSPS) is 11.9. The maximum Gasteiger partial charge on any atom is 0.204 e. The summed E-state index contributed by atoms with van der Waals surface area (Å²) in [4.78, 5) is 0. The van der Waals surface area contributed by atoms with Gasteiger partial charge < -0.3 is 45.3 Å². The minimum absolute atomic E-state index is 0.0108. The minimum atomic E-state index is -1.03. The first-order valence-electron chi connectivity index (χ1n) is 15.3. The third kappa shape index (κ3) is 3.58. The maximum atomic E-state index is 11.5. The van der Waals surface area contributed by atoms with E-state index in [1.807, 2.05) is 48.5 Å². The van der Waals surface area contributed by atoms with Crippen molar-refractivity contribution in [3.05, 3.63) is 97.1 Å². The van der Waals surface area contributed by atoms with E-state index in [1.54, 1.807) is 48.5 Å². The van der Waals surface area contributed by atoms with Crippen molar-refractivity contribution in [2.45, 2.75) is 0 Å². The number of aromatic hydroxyl groups is 8. The van der Waals surface area contributed by atoms with Gasteiger partial charge in [0.1, 0.15) is 11.2 Å². The Morgan fingerprint density at radius 1 is 0.327 bits per heavy atom. The monoisotopic (exact) mass is 648 g/mol. The molecule has 9 nitrogen and oxygen atoms in total. The average Bonchev–Trinajstić information content (AvgIpc) is 3.53. The molecule has 8 aromatic carbocycles. The van der Waals surface area contributed by atoms with E-state index in [0.717, 1.165) is 32.3 Å². The molecule has 0 fully saturated rings. The van der Waals surface area contributed by atoms with Gasteiger partial charge in [-0.3, -0.25) is 0 Å². The zero-order valence-electron chi connectivity index (χ0n) is 25.2. The zero-order chi connectivity index (χ0) is 33.9. The Morgan fingerprint density at radius 3 is 1.29 bits per heavy atom. The first-order chi connectivity index (χ1) is 23.7. The molecule has 0 saturated carbocycles. The number of phenols is 8. The second kappa shape index (κ2) is 9.76. The highest BCUT2D eigenvalue weighted by molar-refractivity contribution is 6.32. The zero-order valence-corrected chi connectivity index (χ0v) is 25.2. The smallest absolute Gasteiger partial charge is 0.204 e. The van der Waals surface area contributed by atoms with Crippen LogP contribution in [-0.4, -0.2) is 40.9 Å². The number of fused-ring (bicyclic) bond motifs is 10. The molecule has 49 heavy (non-hydrogen) atoms. The average molecular weight is 649 g/mol. The number of benzene rings is 8. The summed E-state index contributed by atoms with van der Waals surface area (Å²) in [6, 6.07) is 29.3. The van der Waals surface area contributed by atoms with Crippen molar-refractivity contribution in [1.29, 1.82) is 0 Å². The quantitative estimate of drug-likeness (QED) is 0.0393. The van der Waals surface area contributed by atoms with Crippen molar-refractivity contribution in [3.63, 3.8) is 0 Å². The van der Waals surface area contributed by atoms with Gasteiger partial charge in [-0.1, -0.05) is 84.9 Å². The summed E-state index contributed by atoms with van der Waals surface area (Å²) in [7, 11) is 0. The van der Waals surface area contributed by atoms with E-state index in [1.165, 1.54) is 0 Å². The summed E-state index contributed by atoms with van der Waals surface area (Å²) < 4.78 is 6.54. The van der Waals surface area contributed by atoms with E-state index < -0.39 is 46.0 Å². The highest BCUT2D eigenvalue weighted by atomic mass is 16.4. The second-order valence-corrected chi connectivity index (χ2v) is 12.0. The second-order valence-electron chi connectivity index (χ2n) is 12.0. The van der Waals surface area contributed by atoms with Gasteiger partial charge in [0.25, 0.3) is 0 Å². The van der Waals surface area contributed by atoms with Gasteiger partial charge >= 0.3 is 0 Å². The van der Waals surface area contributed by atoms with Crippen LogP contribution in [0.1, 0.15) is 0 Å². The predicted octanol–water partition coefficient (Wildman–Crippen LogP) is 9.18. The fourth-order valence-corrected chi connectivity index (χ4v) is 7.36. The van der Waals surface area contributed by atoms with Crippen molar-refractivity contribution in [1.82, 2.24) is 0 Å². The Hall–Kier alpha value is -7.00. The molecule has 9 heteroatoms. The summed E-state index contributed by atoms with van der Waals surface area (Å²) in [6.07, 6.45) is 0. The first-order valence-corrected chi connectivity index (χ1v) is 15.3. The number of rotatable bonds is 2. The van der Waals surface area contributed by atoms with Crippen LogP contribution in [0.15, 0.2) is 101 Å². The van der Waals surface area contributed by atoms with E-state index in [2.05, 4.69) is 0 Å². The molecule has 0 aliphatic heterocycles. The summed E-state index contributed by atoms with van der Waals surface area (Å²) in [5.41, 5.74) is 1.61. The first kappa shape index (κ1) is 28.2. The van der Waals surface area contributed by atoms with Crippen LogP contribution in [0, 0.1) is 0 Å². The number of hydrogen-bond acceptors (Lipinski definition) is 9. The molecule has 0 radical (unpaired) electrons. The molecule has 9 aromatic rings. The van der Waals surface area contributed by atoms with Crippen LogP contribution in [0.3, 0.4) is 0 Å². The molecule has 0 atom stereocenters. The molecule has 1 heterocycles. The summed E-state index contributed by atoms with van der Waals surface area (Å²) >= 11 is 0. The lowest BCUT2D eigenvalue weighted by molar-refractivity contribution is 0.350. The van der Waals surface area contributed by atoms with Gasteiger partial charge in [0, 0.05) is 48.8 Å². The molecule has 8 N–H and O–H groups in total. The Labute approximate surface area is 275 Å². The molecular weight excluding hydrogens is 624 g/mol. The fraction of sp³-hybridized carbons (Fsp3) is 0. The highest BCUT2D eigenvalue weighted by Crippen LogP contribution is 2.62. The fourth-order valence-electron chi connectivity index (χ4n) is 7.36. The van der Waals surface area contributed by atoms with Crippen molar-refractivity contribution >= 4 is 65.0 Å². The Morgan fingerprint density at radius 2 is 0.755 bits per heavy atom. The molecule has 0 bridgehead atoms. The van der Waals surface area contributed by atoms with Gasteiger partial charge in [-0.15, -0.1) is 0 Å². The van der Waals surface area contributed by atoms with E-state index in [-0.39, 0.29) is 38.2 Å². The molecular formula is C40H24O9. The SMILES string of the molecule is Oc1c(O)c(O)c2c(-c3ccc4c(c3)oc3c5ccccc5c5ccccc5c43)c3c(O)c(O)c(O)c(O)c3c(-c3ccccc3)c2c1O. The van der Waals surface area contributed by atoms with Gasteiger partial charge in [-0.05, 0) is 39.4 Å². The van der Waals surface area contributed by atoms with Gasteiger partial charge in [-0.25, -0.2) is 0 Å². The molecule has 0 unspecified atom stereocenters. The van der Waals surface area contributed by atoms with Crippen LogP contribution in [-0.2, 0) is 0 Å². The summed E-state index contributed by atoms with van der Waals surface area (Å²) in [6.45, 7) is 0. The lowest BCUT2D eigenvalue weighted by atomic mass is 9.83. The topological polar surface area (TPSA) is 175 Å². The lowest BCUT2D eigenvalue weighted by Gasteiger charge is -2.22. The molecule has 0 spiro atoms. The van der Waals surface area contributed by atoms with Gasteiger partial charge in [-0.2, -0.15) is 0 Å². The Balaban J connectivity index is 1.51. The van der Waals surface area contributed by atoms with Crippen LogP contribution in [0.25, 0.3) is 87.3 Å². The van der Waals surface area contributed by atoms with E-state index in [4.69, 9.17) is 4.42 Å². The Kier molecular flexibility index (Phi) is 5.62. The van der Waals surface area contributed by atoms with Gasteiger partial charge in [0.2, 0.25) is 23.0 Å². The minimum Gasteiger partial charge on any atom is -0.504 e. The summed E-state index contributed by atoms with van der Waals surface area (Å²) in [5.74, 6) is -7.45. The standard InChI is InChI=1S/C40H24O9/c41-32-28-25(17-8-2-1-3-9-17)29-31(35(44)39(48)37(46)33(29)42)26(30(28)34(43)38(47)36(32)45)18-14-15-23-24(16-18)49-40-22-13-7-5-11-20(22)19-10-4-6-12-21(19)27(23)40/h1-16,41-48H. The van der Waals surface area contributed by atoms with Crippen LogP contribution in [0.4, 0.5) is 0 Å². The van der Waals surface area contributed by atoms with Crippen molar-refractivity contribution in [3.8, 4) is 68.2 Å². The van der Waals surface area contributed by atoms with E-state index in [0.29, 0.717) is 16.7 Å². The number of phenolic OH excluding ortho intramolecular Hbond substituents is 8. The number of furan rings is 1. The van der Waals surface area contributed by atoms with Crippen molar-refractivity contribution in [2.75, 3.05) is 0 Å². The van der Waals surface area contributed by atoms with Crippen LogP contribution in [0.2, 0.25) is 0 Å². The van der Waals surface area contributed by atoms with Crippen LogP contribution in [0.5, 0.6) is 46.0 Å². The lowest BCUT2D eigenvalue weighted by Crippen LogP contribution is -1.94. The van der Waals surface area contributed by atoms with Crippen LogP contribution >= 0.6 is 0 Å². The molecule has 1 aromatic heterocycles. The van der Waals surface area contributed by atoms with Crippen LogP contribution < -0.4 is 0 Å². The number of hydrogen-bond donors (Lipinski definition) is 8. The van der Waals surface area contributed by atoms with Crippen molar-refractivity contribution in [2.24, 2.45) is 0 Å².